The van der Waals surface area contributed by atoms with Gasteiger partial charge in [0, 0.05) is 31.9 Å². The summed E-state index contributed by atoms with van der Waals surface area (Å²) in [7, 11) is 3.57. The molecule has 1 aromatic heterocycles. The molecule has 32 heavy (non-hydrogen) atoms. The summed E-state index contributed by atoms with van der Waals surface area (Å²) in [5, 5.41) is 10.1. The fourth-order valence-corrected chi connectivity index (χ4v) is 3.96. The zero-order chi connectivity index (χ0) is 22.2. The third-order valence-electron chi connectivity index (χ3n) is 6.33. The summed E-state index contributed by atoms with van der Waals surface area (Å²) in [5.41, 5.74) is 1.08. The van der Waals surface area contributed by atoms with Crippen molar-refractivity contribution in [1.82, 2.24) is 4.98 Å². The minimum atomic E-state index is -0.464. The topological polar surface area (TPSA) is 84.4 Å². The van der Waals surface area contributed by atoms with Crippen molar-refractivity contribution in [2.75, 3.05) is 43.8 Å². The first-order chi connectivity index (χ1) is 15.5. The number of amides is 1. The number of aliphatic hydroxyl groups is 1. The molecular formula is C24H29N3O5. The number of aromatic nitrogens is 1. The molecule has 0 radical (unpaired) electrons. The lowest BCUT2D eigenvalue weighted by molar-refractivity contribution is 0.0879. The Labute approximate surface area is 187 Å². The summed E-state index contributed by atoms with van der Waals surface area (Å²) in [6, 6.07) is 7.13. The van der Waals surface area contributed by atoms with Gasteiger partial charge in [0.1, 0.15) is 23.7 Å². The van der Waals surface area contributed by atoms with Gasteiger partial charge in [-0.3, -0.25) is 9.69 Å². The first kappa shape index (κ1) is 20.9. The highest BCUT2D eigenvalue weighted by molar-refractivity contribution is 6.08. The van der Waals surface area contributed by atoms with E-state index in [1.54, 1.807) is 36.4 Å². The molecule has 8 nitrogen and oxygen atoms in total. The zero-order valence-electron chi connectivity index (χ0n) is 18.5. The van der Waals surface area contributed by atoms with E-state index in [1.807, 2.05) is 13.1 Å². The third-order valence-corrected chi connectivity index (χ3v) is 6.33. The van der Waals surface area contributed by atoms with Crippen molar-refractivity contribution in [3.05, 3.63) is 36.0 Å². The largest absolute Gasteiger partial charge is 0.493 e. The van der Waals surface area contributed by atoms with Crippen LogP contribution in [0.1, 0.15) is 36.0 Å². The molecule has 0 spiro atoms. The van der Waals surface area contributed by atoms with E-state index in [1.165, 1.54) is 12.8 Å². The second-order valence-corrected chi connectivity index (χ2v) is 8.92. The van der Waals surface area contributed by atoms with Gasteiger partial charge in [-0.25, -0.2) is 4.98 Å². The lowest BCUT2D eigenvalue weighted by Crippen LogP contribution is -2.39. The molecule has 2 fully saturated rings. The molecule has 2 saturated carbocycles. The number of anilines is 2. The molecule has 1 aromatic carbocycles. The Hall–Kier alpha value is -3.00. The molecule has 2 aromatic rings. The number of carbonyl (C=O) groups is 1. The van der Waals surface area contributed by atoms with E-state index in [0.29, 0.717) is 34.4 Å². The number of benzene rings is 1. The van der Waals surface area contributed by atoms with Crippen molar-refractivity contribution < 1.29 is 24.1 Å². The Kier molecular flexibility index (Phi) is 5.55. The molecule has 2 heterocycles. The fraction of sp³-hybridized carbons (Fsp3) is 0.500. The molecule has 1 N–H and O–H groups in total. The van der Waals surface area contributed by atoms with Gasteiger partial charge in [0.25, 0.3) is 5.91 Å². The van der Waals surface area contributed by atoms with Gasteiger partial charge in [0.15, 0.2) is 18.2 Å². The van der Waals surface area contributed by atoms with Crippen molar-refractivity contribution in [3.63, 3.8) is 0 Å². The van der Waals surface area contributed by atoms with Crippen LogP contribution < -0.4 is 24.0 Å². The van der Waals surface area contributed by atoms with Gasteiger partial charge in [-0.15, -0.1) is 0 Å². The van der Waals surface area contributed by atoms with E-state index >= 15 is 0 Å². The summed E-state index contributed by atoms with van der Waals surface area (Å²) in [6.07, 6.45) is 5.77. The number of fused-ring (bicyclic) bond motifs is 1. The summed E-state index contributed by atoms with van der Waals surface area (Å²) >= 11 is 0. The van der Waals surface area contributed by atoms with Crippen LogP contribution in [-0.4, -0.2) is 56.1 Å². The summed E-state index contributed by atoms with van der Waals surface area (Å²) < 4.78 is 17.1. The first-order valence-corrected chi connectivity index (χ1v) is 11.2. The predicted molar refractivity (Wildman–Crippen MR) is 120 cm³/mol. The maximum Gasteiger partial charge on any atom is 0.266 e. The molecule has 1 amide bonds. The van der Waals surface area contributed by atoms with Gasteiger partial charge in [-0.1, -0.05) is 0 Å². The minimum Gasteiger partial charge on any atom is -0.493 e. The van der Waals surface area contributed by atoms with Crippen LogP contribution in [0.3, 0.4) is 0 Å². The average molecular weight is 440 g/mol. The van der Waals surface area contributed by atoms with Gasteiger partial charge in [-0.2, -0.15) is 0 Å². The van der Waals surface area contributed by atoms with Gasteiger partial charge in [0.05, 0.1) is 18.9 Å². The van der Waals surface area contributed by atoms with Crippen molar-refractivity contribution >= 4 is 17.4 Å². The smallest absolute Gasteiger partial charge is 0.266 e. The van der Waals surface area contributed by atoms with Crippen LogP contribution in [0.4, 0.5) is 11.5 Å². The molecule has 0 saturated heterocycles. The highest BCUT2D eigenvalue weighted by Gasteiger charge is 2.31. The van der Waals surface area contributed by atoms with E-state index in [9.17, 15) is 9.90 Å². The Bertz CT molecular complexity index is 1010. The quantitative estimate of drug-likeness (QED) is 0.643. The van der Waals surface area contributed by atoms with Gasteiger partial charge in [-0.05, 0) is 49.7 Å². The van der Waals surface area contributed by atoms with Crippen molar-refractivity contribution in [1.29, 1.82) is 0 Å². The van der Waals surface area contributed by atoms with Crippen LogP contribution in [0.25, 0.3) is 0 Å². The van der Waals surface area contributed by atoms with Crippen LogP contribution in [0, 0.1) is 11.8 Å². The van der Waals surface area contributed by atoms with E-state index in [4.69, 9.17) is 14.2 Å². The maximum absolute atomic E-state index is 13.2. The van der Waals surface area contributed by atoms with Crippen LogP contribution in [0.2, 0.25) is 0 Å². The molecule has 5 rings (SSSR count). The predicted octanol–water partition coefficient (Wildman–Crippen LogP) is 3.08. The van der Waals surface area contributed by atoms with Gasteiger partial charge in [0.2, 0.25) is 0 Å². The highest BCUT2D eigenvalue weighted by atomic mass is 16.5. The molecule has 3 aliphatic rings. The monoisotopic (exact) mass is 439 g/mol. The van der Waals surface area contributed by atoms with E-state index < -0.39 is 6.10 Å². The number of carbonyl (C=O) groups excluding carboxylic acids is 1. The Morgan fingerprint density at radius 3 is 2.78 bits per heavy atom. The number of hydrogen-bond donors (Lipinski definition) is 1. The van der Waals surface area contributed by atoms with Crippen molar-refractivity contribution in [3.8, 4) is 17.2 Å². The molecular weight excluding hydrogens is 410 g/mol. The lowest BCUT2D eigenvalue weighted by atomic mass is 10.1. The summed E-state index contributed by atoms with van der Waals surface area (Å²) in [6.45, 7) is 1.30. The van der Waals surface area contributed by atoms with Crippen LogP contribution in [0.5, 0.6) is 17.2 Å². The Balaban J connectivity index is 1.30. The van der Waals surface area contributed by atoms with Crippen LogP contribution >= 0.6 is 0 Å². The number of methoxy groups -OCH3 is 1. The maximum atomic E-state index is 13.2. The Morgan fingerprint density at radius 2 is 2.06 bits per heavy atom. The van der Waals surface area contributed by atoms with Gasteiger partial charge < -0.3 is 24.2 Å². The zero-order valence-corrected chi connectivity index (χ0v) is 18.5. The molecule has 2 aliphatic carbocycles. The van der Waals surface area contributed by atoms with E-state index in [0.717, 1.165) is 31.1 Å². The number of rotatable bonds is 9. The molecule has 1 atom stereocenters. The van der Waals surface area contributed by atoms with Crippen molar-refractivity contribution in [2.45, 2.75) is 31.8 Å². The SMILES string of the molecule is COc1cc(N2COc3cc(N(C)CC4CC4)ncc3C2=O)ccc1OC[C@H](O)C1CC1. The molecule has 8 heteroatoms. The summed E-state index contributed by atoms with van der Waals surface area (Å²) in [5.74, 6) is 3.32. The summed E-state index contributed by atoms with van der Waals surface area (Å²) in [4.78, 5) is 21.3. The number of pyridine rings is 1. The highest BCUT2D eigenvalue weighted by Crippen LogP contribution is 2.37. The van der Waals surface area contributed by atoms with Crippen LogP contribution in [0.15, 0.2) is 30.5 Å². The van der Waals surface area contributed by atoms with E-state index in [2.05, 4.69) is 9.88 Å². The number of ether oxygens (including phenoxy) is 3. The molecule has 0 bridgehead atoms. The fourth-order valence-electron chi connectivity index (χ4n) is 3.96. The van der Waals surface area contributed by atoms with Crippen LogP contribution in [-0.2, 0) is 0 Å². The number of nitrogens with zero attached hydrogens (tertiary/aromatic N) is 3. The Morgan fingerprint density at radius 1 is 1.25 bits per heavy atom. The third kappa shape index (κ3) is 4.32. The van der Waals surface area contributed by atoms with Gasteiger partial charge >= 0.3 is 0 Å². The number of aliphatic hydroxyl groups excluding tert-OH is 1. The van der Waals surface area contributed by atoms with Crippen molar-refractivity contribution in [2.24, 2.45) is 11.8 Å². The average Bonchev–Trinajstić information content (AvgIpc) is 3.72. The second kappa shape index (κ2) is 8.50. The van der Waals surface area contributed by atoms with E-state index in [-0.39, 0.29) is 19.2 Å². The first-order valence-electron chi connectivity index (χ1n) is 11.2. The standard InChI is InChI=1S/C24H29N3O5/c1-26(12-15-3-4-15)23-10-21-18(11-25-23)24(29)27(14-32-21)17-7-8-20(22(9-17)30-2)31-13-19(28)16-5-6-16/h7-11,15-16,19,28H,3-6,12-14H2,1-2H3/t19-/m0/s1. The molecule has 0 unspecified atom stereocenters. The molecule has 1 aliphatic heterocycles. The second-order valence-electron chi connectivity index (χ2n) is 8.92. The normalized spacial score (nSPS) is 18.6. The lowest BCUT2D eigenvalue weighted by Gasteiger charge is -2.30. The minimum absolute atomic E-state index is 0.103. The number of hydrogen-bond acceptors (Lipinski definition) is 7. The molecule has 170 valence electrons.